The van der Waals surface area contributed by atoms with Crippen molar-refractivity contribution in [1.29, 1.82) is 0 Å². The van der Waals surface area contributed by atoms with Gasteiger partial charge in [0.25, 0.3) is 0 Å². The Kier molecular flexibility index (Phi) is 4.82. The van der Waals surface area contributed by atoms with Crippen LogP contribution in [0.2, 0.25) is 5.02 Å². The molecule has 1 aromatic carbocycles. The van der Waals surface area contributed by atoms with Crippen LogP contribution in [0.3, 0.4) is 0 Å². The van der Waals surface area contributed by atoms with Crippen molar-refractivity contribution in [3.8, 4) is 11.5 Å². The first-order valence-corrected chi connectivity index (χ1v) is 8.08. The topological polar surface area (TPSA) is 94.1 Å². The Balaban J connectivity index is 1.72. The highest BCUT2D eigenvalue weighted by molar-refractivity contribution is 6.32. The predicted octanol–water partition coefficient (Wildman–Crippen LogP) is 1.40. The number of carboxylic acids is 1. The highest BCUT2D eigenvalue weighted by atomic mass is 35.5. The molecule has 2 heterocycles. The van der Waals surface area contributed by atoms with Crippen LogP contribution in [0.5, 0.6) is 11.5 Å². The number of rotatable bonds is 4. The van der Waals surface area contributed by atoms with Crippen LogP contribution >= 0.6 is 11.6 Å². The summed E-state index contributed by atoms with van der Waals surface area (Å²) in [5.41, 5.74) is -0.637. The average molecular weight is 356 g/mol. The molecule has 1 saturated heterocycles. The number of hydrogen-bond donors (Lipinski definition) is 2. The minimum Gasteiger partial charge on any atom is -0.486 e. The molecule has 0 spiro atoms. The molecular formula is C16H18ClNO6. The van der Waals surface area contributed by atoms with Crippen LogP contribution in [0.4, 0.5) is 0 Å². The number of carboxylic acid groups (broad SMARTS) is 1. The van der Waals surface area contributed by atoms with Crippen LogP contribution in [0, 0.1) is 0 Å². The molecule has 130 valence electrons. The van der Waals surface area contributed by atoms with Gasteiger partial charge in [-0.2, -0.15) is 0 Å². The van der Waals surface area contributed by atoms with Gasteiger partial charge in [-0.1, -0.05) is 11.6 Å². The largest absolute Gasteiger partial charge is 0.486 e. The first kappa shape index (κ1) is 16.9. The Morgan fingerprint density at radius 3 is 2.58 bits per heavy atom. The van der Waals surface area contributed by atoms with Crippen LogP contribution in [0.25, 0.3) is 0 Å². The summed E-state index contributed by atoms with van der Waals surface area (Å²) >= 11 is 6.15. The van der Waals surface area contributed by atoms with E-state index in [-0.39, 0.29) is 25.2 Å². The van der Waals surface area contributed by atoms with Crippen molar-refractivity contribution in [2.24, 2.45) is 0 Å². The molecular weight excluding hydrogens is 338 g/mol. The number of benzene rings is 1. The summed E-state index contributed by atoms with van der Waals surface area (Å²) in [7, 11) is 0. The fraction of sp³-hybridized carbons (Fsp3) is 0.500. The second kappa shape index (κ2) is 6.86. The molecule has 0 aromatic heterocycles. The number of aliphatic carboxylic acids is 1. The molecule has 8 heteroatoms. The number of ether oxygens (including phenoxy) is 3. The zero-order chi connectivity index (χ0) is 17.2. The molecule has 2 aliphatic heterocycles. The van der Waals surface area contributed by atoms with Crippen molar-refractivity contribution in [2.45, 2.75) is 24.8 Å². The van der Waals surface area contributed by atoms with E-state index in [4.69, 9.17) is 25.8 Å². The molecule has 1 aromatic rings. The molecule has 3 rings (SSSR count). The predicted molar refractivity (Wildman–Crippen MR) is 84.7 cm³/mol. The molecule has 7 nitrogen and oxygen atoms in total. The van der Waals surface area contributed by atoms with Gasteiger partial charge in [0.05, 0.1) is 11.4 Å². The van der Waals surface area contributed by atoms with Crippen molar-refractivity contribution in [3.63, 3.8) is 0 Å². The molecule has 0 atom stereocenters. The van der Waals surface area contributed by atoms with Crippen molar-refractivity contribution in [1.82, 2.24) is 5.32 Å². The minimum absolute atomic E-state index is 0.00620. The van der Waals surface area contributed by atoms with Gasteiger partial charge in [0.1, 0.15) is 18.8 Å². The number of carbonyl (C=O) groups is 2. The Hall–Kier alpha value is -1.99. The van der Waals surface area contributed by atoms with Crippen molar-refractivity contribution >= 4 is 23.5 Å². The molecule has 0 saturated carbocycles. The minimum atomic E-state index is -1.27. The number of halogens is 1. The van der Waals surface area contributed by atoms with Crippen LogP contribution in [-0.2, 0) is 20.7 Å². The molecule has 0 unspecified atom stereocenters. The number of fused-ring (bicyclic) bond motifs is 1. The Bertz CT molecular complexity index is 656. The third kappa shape index (κ3) is 3.42. The van der Waals surface area contributed by atoms with Gasteiger partial charge in [-0.3, -0.25) is 4.79 Å². The van der Waals surface area contributed by atoms with E-state index in [9.17, 15) is 14.7 Å². The third-order valence-electron chi connectivity index (χ3n) is 4.16. The second-order valence-electron chi connectivity index (χ2n) is 5.83. The van der Waals surface area contributed by atoms with Crippen molar-refractivity contribution in [2.75, 3.05) is 26.4 Å². The third-order valence-corrected chi connectivity index (χ3v) is 4.44. The highest BCUT2D eigenvalue weighted by Gasteiger charge is 2.41. The van der Waals surface area contributed by atoms with Gasteiger partial charge in [0, 0.05) is 26.1 Å². The monoisotopic (exact) mass is 355 g/mol. The number of hydrogen-bond acceptors (Lipinski definition) is 5. The summed E-state index contributed by atoms with van der Waals surface area (Å²) in [5, 5.41) is 12.5. The summed E-state index contributed by atoms with van der Waals surface area (Å²) in [6, 6.07) is 3.32. The van der Waals surface area contributed by atoms with E-state index in [1.54, 1.807) is 12.1 Å². The van der Waals surface area contributed by atoms with Gasteiger partial charge in [-0.05, 0) is 17.7 Å². The molecule has 2 N–H and O–H groups in total. The lowest BCUT2D eigenvalue weighted by molar-refractivity contribution is -0.152. The van der Waals surface area contributed by atoms with Crippen LogP contribution in [0.1, 0.15) is 18.4 Å². The van der Waals surface area contributed by atoms with E-state index in [2.05, 4.69) is 5.32 Å². The Morgan fingerprint density at radius 1 is 1.17 bits per heavy atom. The molecule has 0 radical (unpaired) electrons. The highest BCUT2D eigenvalue weighted by Crippen LogP contribution is 2.38. The number of amides is 1. The molecule has 0 aliphatic carbocycles. The number of nitrogens with one attached hydrogen (secondary N) is 1. The first-order chi connectivity index (χ1) is 11.5. The SMILES string of the molecule is O=C(Cc1cc(Cl)c2c(c1)OCCO2)NC1(C(=O)O)CCOCC1. The van der Waals surface area contributed by atoms with E-state index in [0.29, 0.717) is 48.5 Å². The van der Waals surface area contributed by atoms with Crippen LogP contribution < -0.4 is 14.8 Å². The van der Waals surface area contributed by atoms with E-state index in [0.717, 1.165) is 0 Å². The lowest BCUT2D eigenvalue weighted by Gasteiger charge is -2.33. The number of carbonyl (C=O) groups excluding carboxylic acids is 1. The molecule has 2 aliphatic rings. The Morgan fingerprint density at radius 2 is 1.88 bits per heavy atom. The van der Waals surface area contributed by atoms with E-state index in [1.807, 2.05) is 0 Å². The average Bonchev–Trinajstić information content (AvgIpc) is 2.55. The maximum Gasteiger partial charge on any atom is 0.329 e. The zero-order valence-electron chi connectivity index (χ0n) is 13.0. The van der Waals surface area contributed by atoms with Gasteiger partial charge in [0.15, 0.2) is 11.5 Å². The standard InChI is InChI=1S/C16H18ClNO6/c17-11-7-10(8-12-14(11)24-6-5-23-12)9-13(19)18-16(15(20)21)1-3-22-4-2-16/h7-8H,1-6,9H2,(H,18,19)(H,20,21). The first-order valence-electron chi connectivity index (χ1n) is 7.70. The van der Waals surface area contributed by atoms with E-state index >= 15 is 0 Å². The second-order valence-corrected chi connectivity index (χ2v) is 6.23. The van der Waals surface area contributed by atoms with Crippen LogP contribution in [-0.4, -0.2) is 48.9 Å². The summed E-state index contributed by atoms with van der Waals surface area (Å²) in [6.07, 6.45) is 0.498. The van der Waals surface area contributed by atoms with E-state index < -0.39 is 11.5 Å². The maximum absolute atomic E-state index is 12.3. The van der Waals surface area contributed by atoms with Crippen LogP contribution in [0.15, 0.2) is 12.1 Å². The van der Waals surface area contributed by atoms with Gasteiger partial charge in [0.2, 0.25) is 5.91 Å². The summed E-state index contributed by atoms with van der Waals surface area (Å²) < 4.78 is 16.1. The smallest absolute Gasteiger partial charge is 0.329 e. The van der Waals surface area contributed by atoms with Crippen molar-refractivity contribution in [3.05, 3.63) is 22.7 Å². The van der Waals surface area contributed by atoms with Gasteiger partial charge in [-0.25, -0.2) is 4.79 Å². The van der Waals surface area contributed by atoms with Gasteiger partial charge in [-0.15, -0.1) is 0 Å². The Labute approximate surface area is 143 Å². The van der Waals surface area contributed by atoms with Gasteiger partial charge < -0.3 is 24.6 Å². The quantitative estimate of drug-likeness (QED) is 0.848. The molecule has 1 amide bonds. The van der Waals surface area contributed by atoms with Crippen molar-refractivity contribution < 1.29 is 28.9 Å². The summed E-state index contributed by atoms with van der Waals surface area (Å²) in [6.45, 7) is 1.46. The van der Waals surface area contributed by atoms with E-state index in [1.165, 1.54) is 0 Å². The lowest BCUT2D eigenvalue weighted by atomic mass is 9.90. The van der Waals surface area contributed by atoms with Gasteiger partial charge >= 0.3 is 5.97 Å². The maximum atomic E-state index is 12.3. The molecule has 1 fully saturated rings. The molecule has 0 bridgehead atoms. The summed E-state index contributed by atoms with van der Waals surface area (Å²) in [4.78, 5) is 23.9. The fourth-order valence-electron chi connectivity index (χ4n) is 2.87. The fourth-order valence-corrected chi connectivity index (χ4v) is 3.16. The zero-order valence-corrected chi connectivity index (χ0v) is 13.7. The lowest BCUT2D eigenvalue weighted by Crippen LogP contribution is -2.57. The summed E-state index contributed by atoms with van der Waals surface area (Å²) in [5.74, 6) is -0.458. The normalized spacial score (nSPS) is 18.7. The molecule has 24 heavy (non-hydrogen) atoms.